The summed E-state index contributed by atoms with van der Waals surface area (Å²) in [5, 5.41) is 25.6. The van der Waals surface area contributed by atoms with Crippen molar-refractivity contribution in [1.82, 2.24) is 26.3 Å². The molecule has 0 aliphatic heterocycles. The van der Waals surface area contributed by atoms with Crippen molar-refractivity contribution in [3.8, 4) is 0 Å². The van der Waals surface area contributed by atoms with Crippen LogP contribution in [0.5, 0.6) is 0 Å². The number of carbonyl (C=O) groups excluding carboxylic acids is 6. The summed E-state index contributed by atoms with van der Waals surface area (Å²) in [4.78, 5) is 93.6. The minimum absolute atomic E-state index is 0.0258. The number of carbonyl (C=O) groups is 7. The Balaban J connectivity index is 1.42. The predicted molar refractivity (Wildman–Crippen MR) is 231 cm³/mol. The Morgan fingerprint density at radius 1 is 0.721 bits per heavy atom. The van der Waals surface area contributed by atoms with Crippen LogP contribution in [0.25, 0.3) is 6.08 Å². The van der Waals surface area contributed by atoms with Gasteiger partial charge in [-0.05, 0) is 91.6 Å². The first-order valence-corrected chi connectivity index (χ1v) is 19.9. The summed E-state index contributed by atoms with van der Waals surface area (Å²) in [6.07, 6.45) is 6.83. The van der Waals surface area contributed by atoms with Gasteiger partial charge >= 0.3 is 12.0 Å². The molecule has 16 nitrogen and oxygen atoms in total. The summed E-state index contributed by atoms with van der Waals surface area (Å²) in [6, 6.07) is 22.4. The van der Waals surface area contributed by atoms with Gasteiger partial charge in [0.05, 0.1) is 6.42 Å². The van der Waals surface area contributed by atoms with Crippen molar-refractivity contribution in [1.29, 1.82) is 0 Å². The Morgan fingerprint density at radius 3 is 2.07 bits per heavy atom. The van der Waals surface area contributed by atoms with Gasteiger partial charge in [-0.25, -0.2) is 4.79 Å². The van der Waals surface area contributed by atoms with E-state index >= 15 is 0 Å². The van der Waals surface area contributed by atoms with Crippen LogP contribution in [0.4, 0.5) is 16.2 Å². The number of benzene rings is 3. The van der Waals surface area contributed by atoms with Crippen molar-refractivity contribution in [2.75, 3.05) is 17.2 Å². The third-order valence-corrected chi connectivity index (χ3v) is 9.41. The number of nitrogens with one attached hydrogen (secondary N) is 6. The number of nitrogens with two attached hydrogens (primary N) is 1. The number of urea groups is 1. The van der Waals surface area contributed by atoms with Gasteiger partial charge in [0, 0.05) is 49.2 Å². The molecule has 0 saturated carbocycles. The van der Waals surface area contributed by atoms with Crippen LogP contribution < -0.4 is 37.6 Å². The highest BCUT2D eigenvalue weighted by Gasteiger charge is 2.29. The molecule has 0 radical (unpaired) electrons. The van der Waals surface area contributed by atoms with Crippen molar-refractivity contribution < 1.29 is 38.7 Å². The van der Waals surface area contributed by atoms with Gasteiger partial charge in [-0.3, -0.25) is 33.8 Å². The first-order chi connectivity index (χ1) is 29.4. The van der Waals surface area contributed by atoms with Gasteiger partial charge in [0.1, 0.15) is 18.1 Å². The summed E-state index contributed by atoms with van der Waals surface area (Å²) in [5.74, 6) is -4.17. The summed E-state index contributed by atoms with van der Waals surface area (Å²) < 4.78 is 0. The van der Waals surface area contributed by atoms with Crippen LogP contribution in [0.3, 0.4) is 0 Å². The first kappa shape index (κ1) is 46.3. The number of unbranched alkanes of at least 4 members (excludes halogenated alkanes) is 1. The normalized spacial score (nSPS) is 12.3. The van der Waals surface area contributed by atoms with E-state index in [0.29, 0.717) is 29.8 Å². The molecule has 4 rings (SSSR count). The van der Waals surface area contributed by atoms with Crippen molar-refractivity contribution in [3.63, 3.8) is 0 Å². The second-order valence-corrected chi connectivity index (χ2v) is 14.3. The van der Waals surface area contributed by atoms with Crippen molar-refractivity contribution in [3.05, 3.63) is 132 Å². The Kier molecular flexibility index (Phi) is 18.6. The lowest BCUT2D eigenvalue weighted by Crippen LogP contribution is -2.56. The average Bonchev–Trinajstić information content (AvgIpc) is 3.23. The predicted octanol–water partition coefficient (Wildman–Crippen LogP) is 4.01. The van der Waals surface area contributed by atoms with Gasteiger partial charge in [-0.1, -0.05) is 66.7 Å². The van der Waals surface area contributed by atoms with Gasteiger partial charge in [0.15, 0.2) is 0 Å². The van der Waals surface area contributed by atoms with Crippen LogP contribution in [0.1, 0.15) is 60.8 Å². The highest BCUT2D eigenvalue weighted by molar-refractivity contribution is 6.00. The highest BCUT2D eigenvalue weighted by Crippen LogP contribution is 2.16. The molecular weight excluding hydrogens is 781 g/mol. The zero-order valence-electron chi connectivity index (χ0n) is 33.9. The van der Waals surface area contributed by atoms with E-state index in [1.807, 2.05) is 25.1 Å². The molecule has 4 aromatic rings. The fourth-order valence-corrected chi connectivity index (χ4v) is 6.14. The van der Waals surface area contributed by atoms with Crippen LogP contribution in [0.2, 0.25) is 0 Å². The number of pyridine rings is 1. The zero-order valence-corrected chi connectivity index (χ0v) is 33.9. The van der Waals surface area contributed by atoms with Gasteiger partial charge in [0.2, 0.25) is 29.5 Å². The van der Waals surface area contributed by atoms with Gasteiger partial charge in [-0.2, -0.15) is 0 Å². The molecule has 1 heterocycles. The number of para-hydroxylation sites is 1. The molecule has 0 bridgehead atoms. The summed E-state index contributed by atoms with van der Waals surface area (Å²) in [6.45, 7) is 2.15. The Hall–Kier alpha value is -7.36. The molecular formula is C45H52N8O8. The van der Waals surface area contributed by atoms with E-state index in [2.05, 4.69) is 36.9 Å². The van der Waals surface area contributed by atoms with E-state index in [-0.39, 0.29) is 51.0 Å². The second-order valence-electron chi connectivity index (χ2n) is 14.3. The fraction of sp³-hybridized carbons (Fsp3) is 0.289. The topological polar surface area (TPSA) is 251 Å². The number of carboxylic acid groups (broad SMARTS) is 1. The zero-order chi connectivity index (χ0) is 44.0. The quantitative estimate of drug-likeness (QED) is 0.0397. The maximum Gasteiger partial charge on any atom is 0.323 e. The number of nitrogens with zero attached hydrogens (tertiary/aromatic N) is 1. The van der Waals surface area contributed by atoms with Gasteiger partial charge < -0.3 is 42.7 Å². The number of hydrogen-bond acceptors (Lipinski definition) is 8. The number of hydrogen-bond donors (Lipinski definition) is 8. The van der Waals surface area contributed by atoms with Crippen LogP contribution in [0, 0.1) is 6.92 Å². The smallest absolute Gasteiger partial charge is 0.323 e. The van der Waals surface area contributed by atoms with E-state index < -0.39 is 53.8 Å². The van der Waals surface area contributed by atoms with Crippen molar-refractivity contribution in [2.45, 2.75) is 76.4 Å². The molecule has 16 heteroatoms. The number of carboxylic acids is 1. The van der Waals surface area contributed by atoms with Gasteiger partial charge in [0.25, 0.3) is 0 Å². The summed E-state index contributed by atoms with van der Waals surface area (Å²) in [5.41, 5.74) is 9.75. The monoisotopic (exact) mass is 832 g/mol. The largest absolute Gasteiger partial charge is 0.481 e. The molecule has 61 heavy (non-hydrogen) atoms. The van der Waals surface area contributed by atoms with Gasteiger partial charge in [-0.15, -0.1) is 0 Å². The lowest BCUT2D eigenvalue weighted by Gasteiger charge is -2.25. The maximum atomic E-state index is 13.9. The Labute approximate surface area is 354 Å². The standard InChI is InChI=1S/C45H52N8O8/c1-30-11-5-6-15-35(30)53-45(61)49-34-22-19-32(20-23-34)28-40(55)50-36(16-7-8-26-48-39(54)24-21-33-14-10-25-47-29-33)43(59)51-37(17-9-18-41(56)57)44(60)52-38(42(46)58)27-31-12-3-2-4-13-31/h2-6,10-15,19-25,29,36-38H,7-9,16-18,26-28H2,1H3,(H2,46,58)(H,48,54)(H,50,55)(H,51,59)(H,52,60)(H,56,57)(H2,49,53,61)/b24-21+/t36-,37-,38?/m0/s1. The van der Waals surface area contributed by atoms with Crippen molar-refractivity contribution >= 4 is 59.0 Å². The molecule has 7 amide bonds. The number of anilines is 2. The number of aryl methyl sites for hydroxylation is 1. The minimum Gasteiger partial charge on any atom is -0.481 e. The molecule has 0 aliphatic rings. The molecule has 3 aromatic carbocycles. The molecule has 320 valence electrons. The number of rotatable bonds is 23. The maximum absolute atomic E-state index is 13.9. The fourth-order valence-electron chi connectivity index (χ4n) is 6.14. The number of amides is 7. The number of aromatic nitrogens is 1. The van der Waals surface area contributed by atoms with Crippen LogP contribution in [-0.4, -0.2) is 76.3 Å². The molecule has 0 aliphatic carbocycles. The third kappa shape index (κ3) is 17.2. The Bertz CT molecular complexity index is 2130. The first-order valence-electron chi connectivity index (χ1n) is 19.9. The molecule has 1 unspecified atom stereocenters. The van der Waals surface area contributed by atoms with Crippen LogP contribution in [0.15, 0.2) is 109 Å². The molecule has 3 atom stereocenters. The van der Waals surface area contributed by atoms with E-state index in [1.165, 1.54) is 6.08 Å². The van der Waals surface area contributed by atoms with E-state index in [4.69, 9.17) is 5.73 Å². The second kappa shape index (κ2) is 24.5. The molecule has 0 spiro atoms. The Morgan fingerprint density at radius 2 is 1.39 bits per heavy atom. The highest BCUT2D eigenvalue weighted by atomic mass is 16.4. The number of primary amides is 1. The van der Waals surface area contributed by atoms with E-state index in [1.54, 1.807) is 91.3 Å². The van der Waals surface area contributed by atoms with Crippen molar-refractivity contribution in [2.24, 2.45) is 5.73 Å². The average molecular weight is 833 g/mol. The van der Waals surface area contributed by atoms with Crippen LogP contribution >= 0.6 is 0 Å². The SMILES string of the molecule is Cc1ccccc1NC(=O)Nc1ccc(CC(=O)N[C@@H](CCCCNC(=O)/C=C/c2cccnc2)C(=O)N[C@@H](CCCC(=O)O)C(=O)NC(Cc2ccccc2)C(N)=O)cc1. The third-order valence-electron chi connectivity index (χ3n) is 9.41. The molecule has 0 fully saturated rings. The molecule has 1 aromatic heterocycles. The molecule has 9 N–H and O–H groups in total. The summed E-state index contributed by atoms with van der Waals surface area (Å²) in [7, 11) is 0. The van der Waals surface area contributed by atoms with Crippen LogP contribution in [-0.2, 0) is 41.6 Å². The van der Waals surface area contributed by atoms with E-state index in [9.17, 15) is 38.7 Å². The molecule has 0 saturated heterocycles. The minimum atomic E-state index is -1.27. The number of aliphatic carboxylic acids is 1. The lowest BCUT2D eigenvalue weighted by molar-refractivity contribution is -0.137. The summed E-state index contributed by atoms with van der Waals surface area (Å²) >= 11 is 0. The lowest BCUT2D eigenvalue weighted by atomic mass is 10.0. The van der Waals surface area contributed by atoms with E-state index in [0.717, 1.165) is 16.7 Å².